The van der Waals surface area contributed by atoms with Gasteiger partial charge in [-0.2, -0.15) is 5.48 Å². The van der Waals surface area contributed by atoms with Crippen molar-refractivity contribution >= 4 is 0 Å². The molecule has 0 saturated carbocycles. The largest absolute Gasteiger partial charge is 0.302 e. The summed E-state index contributed by atoms with van der Waals surface area (Å²) in [6.45, 7) is 11.4. The third kappa shape index (κ3) is 3.62. The van der Waals surface area contributed by atoms with E-state index in [1.54, 1.807) is 0 Å². The van der Waals surface area contributed by atoms with Crippen LogP contribution in [-0.2, 0) is 10.3 Å². The average molecular weight is 221 g/mol. The van der Waals surface area contributed by atoms with E-state index in [2.05, 4.69) is 57.4 Å². The number of benzene rings is 1. The van der Waals surface area contributed by atoms with Crippen LogP contribution in [0.4, 0.5) is 0 Å². The summed E-state index contributed by atoms with van der Waals surface area (Å²) in [4.78, 5) is 5.20. The van der Waals surface area contributed by atoms with Crippen molar-refractivity contribution in [3.63, 3.8) is 0 Å². The first kappa shape index (κ1) is 13.2. The van der Waals surface area contributed by atoms with Crippen LogP contribution in [0.5, 0.6) is 0 Å². The molecule has 0 fully saturated rings. The van der Waals surface area contributed by atoms with E-state index in [0.29, 0.717) is 6.61 Å². The standard InChI is InChI=1S/C14H23NO/c1-6-16-15-11(2)12-7-9-13(10-8-12)14(3,4)5/h7-11,15H,6H2,1-5H3. The SMILES string of the molecule is CCONC(C)c1ccc(C(C)(C)C)cc1. The van der Waals surface area contributed by atoms with E-state index in [-0.39, 0.29) is 11.5 Å². The third-order valence-corrected chi connectivity index (χ3v) is 2.68. The Hall–Kier alpha value is -0.860. The Morgan fingerprint density at radius 1 is 1.19 bits per heavy atom. The second-order valence-corrected chi connectivity index (χ2v) is 5.14. The van der Waals surface area contributed by atoms with Crippen molar-refractivity contribution in [2.45, 2.75) is 46.1 Å². The van der Waals surface area contributed by atoms with Crippen LogP contribution in [0.15, 0.2) is 24.3 Å². The summed E-state index contributed by atoms with van der Waals surface area (Å²) in [5.41, 5.74) is 5.84. The Morgan fingerprint density at radius 3 is 2.19 bits per heavy atom. The zero-order valence-electron chi connectivity index (χ0n) is 11.0. The van der Waals surface area contributed by atoms with Crippen LogP contribution in [0.3, 0.4) is 0 Å². The minimum absolute atomic E-state index is 0.217. The van der Waals surface area contributed by atoms with Crippen LogP contribution in [0.25, 0.3) is 0 Å². The minimum atomic E-state index is 0.217. The molecule has 2 nitrogen and oxygen atoms in total. The van der Waals surface area contributed by atoms with Crippen LogP contribution in [0.2, 0.25) is 0 Å². The Bertz CT molecular complexity index is 311. The van der Waals surface area contributed by atoms with Crippen LogP contribution in [0, 0.1) is 0 Å². The van der Waals surface area contributed by atoms with E-state index in [0.717, 1.165) is 0 Å². The summed E-state index contributed by atoms with van der Waals surface area (Å²) in [5.74, 6) is 0. The smallest absolute Gasteiger partial charge is 0.0654 e. The molecule has 1 atom stereocenters. The molecular formula is C14H23NO. The average Bonchev–Trinajstić information content (AvgIpc) is 2.25. The molecule has 0 aromatic heterocycles. The zero-order chi connectivity index (χ0) is 12.2. The van der Waals surface area contributed by atoms with Crippen molar-refractivity contribution < 1.29 is 4.84 Å². The number of rotatable bonds is 4. The van der Waals surface area contributed by atoms with Gasteiger partial charge in [0, 0.05) is 0 Å². The van der Waals surface area contributed by atoms with Crippen molar-refractivity contribution in [1.29, 1.82) is 0 Å². The number of hydrogen-bond donors (Lipinski definition) is 1. The fourth-order valence-corrected chi connectivity index (χ4v) is 1.55. The van der Waals surface area contributed by atoms with Gasteiger partial charge < -0.3 is 4.84 Å². The normalized spacial score (nSPS) is 13.8. The van der Waals surface area contributed by atoms with Gasteiger partial charge in [0.25, 0.3) is 0 Å². The van der Waals surface area contributed by atoms with Crippen LogP contribution in [-0.4, -0.2) is 6.61 Å². The molecule has 1 aromatic carbocycles. The van der Waals surface area contributed by atoms with Crippen molar-refractivity contribution in [1.82, 2.24) is 5.48 Å². The maximum absolute atomic E-state index is 5.20. The molecule has 90 valence electrons. The fourth-order valence-electron chi connectivity index (χ4n) is 1.55. The van der Waals surface area contributed by atoms with Crippen molar-refractivity contribution in [3.05, 3.63) is 35.4 Å². The Kier molecular flexibility index (Phi) is 4.51. The van der Waals surface area contributed by atoms with Gasteiger partial charge in [-0.1, -0.05) is 45.0 Å². The lowest BCUT2D eigenvalue weighted by Crippen LogP contribution is -2.19. The quantitative estimate of drug-likeness (QED) is 0.785. The first-order chi connectivity index (χ1) is 7.45. The van der Waals surface area contributed by atoms with Gasteiger partial charge in [0.05, 0.1) is 12.6 Å². The lowest BCUT2D eigenvalue weighted by molar-refractivity contribution is 0.0285. The predicted molar refractivity (Wildman–Crippen MR) is 68.3 cm³/mol. The molecule has 1 rings (SSSR count). The Labute approximate surface area is 99.0 Å². The molecule has 0 spiro atoms. The Balaban J connectivity index is 2.71. The summed E-state index contributed by atoms with van der Waals surface area (Å²) in [5, 5.41) is 0. The summed E-state index contributed by atoms with van der Waals surface area (Å²) in [6, 6.07) is 8.95. The summed E-state index contributed by atoms with van der Waals surface area (Å²) in [6.07, 6.45) is 0. The fraction of sp³-hybridized carbons (Fsp3) is 0.571. The van der Waals surface area contributed by atoms with E-state index in [4.69, 9.17) is 4.84 Å². The van der Waals surface area contributed by atoms with E-state index >= 15 is 0 Å². The zero-order valence-corrected chi connectivity index (χ0v) is 11.0. The van der Waals surface area contributed by atoms with E-state index in [1.807, 2.05) is 6.92 Å². The topological polar surface area (TPSA) is 21.3 Å². The highest BCUT2D eigenvalue weighted by molar-refractivity contribution is 5.28. The van der Waals surface area contributed by atoms with Gasteiger partial charge in [-0.3, -0.25) is 0 Å². The van der Waals surface area contributed by atoms with Crippen molar-refractivity contribution in [3.8, 4) is 0 Å². The highest BCUT2D eigenvalue weighted by atomic mass is 16.6. The number of hydroxylamine groups is 1. The molecule has 2 heteroatoms. The van der Waals surface area contributed by atoms with Gasteiger partial charge in [-0.15, -0.1) is 0 Å². The van der Waals surface area contributed by atoms with Gasteiger partial charge in [-0.25, -0.2) is 0 Å². The van der Waals surface area contributed by atoms with Gasteiger partial charge in [0.1, 0.15) is 0 Å². The molecule has 0 radical (unpaired) electrons. The monoisotopic (exact) mass is 221 g/mol. The van der Waals surface area contributed by atoms with Gasteiger partial charge in [0.2, 0.25) is 0 Å². The first-order valence-electron chi connectivity index (χ1n) is 5.93. The summed E-state index contributed by atoms with van der Waals surface area (Å²) < 4.78 is 0. The minimum Gasteiger partial charge on any atom is -0.302 e. The molecule has 1 unspecified atom stereocenters. The molecular weight excluding hydrogens is 198 g/mol. The maximum Gasteiger partial charge on any atom is 0.0654 e. The molecule has 0 heterocycles. The second kappa shape index (κ2) is 5.46. The van der Waals surface area contributed by atoms with Crippen LogP contribution < -0.4 is 5.48 Å². The molecule has 0 saturated heterocycles. The lowest BCUT2D eigenvalue weighted by atomic mass is 9.86. The van der Waals surface area contributed by atoms with Crippen molar-refractivity contribution in [2.75, 3.05) is 6.61 Å². The third-order valence-electron chi connectivity index (χ3n) is 2.68. The van der Waals surface area contributed by atoms with E-state index in [9.17, 15) is 0 Å². The summed E-state index contributed by atoms with van der Waals surface area (Å²) in [7, 11) is 0. The lowest BCUT2D eigenvalue weighted by Gasteiger charge is -2.20. The predicted octanol–water partition coefficient (Wildman–Crippen LogP) is 3.59. The van der Waals surface area contributed by atoms with Crippen molar-refractivity contribution in [2.24, 2.45) is 0 Å². The molecule has 1 N–H and O–H groups in total. The van der Waals surface area contributed by atoms with Crippen LogP contribution in [0.1, 0.15) is 51.8 Å². The second-order valence-electron chi connectivity index (χ2n) is 5.14. The van der Waals surface area contributed by atoms with Gasteiger partial charge in [0.15, 0.2) is 0 Å². The number of nitrogens with one attached hydrogen (secondary N) is 1. The maximum atomic E-state index is 5.20. The van der Waals surface area contributed by atoms with Crippen LogP contribution >= 0.6 is 0 Å². The molecule has 0 bridgehead atoms. The van der Waals surface area contributed by atoms with E-state index in [1.165, 1.54) is 11.1 Å². The first-order valence-corrected chi connectivity index (χ1v) is 5.93. The molecule has 16 heavy (non-hydrogen) atoms. The van der Waals surface area contributed by atoms with Gasteiger partial charge in [-0.05, 0) is 30.4 Å². The molecule has 1 aromatic rings. The molecule has 0 aliphatic heterocycles. The Morgan fingerprint density at radius 2 is 1.75 bits per heavy atom. The molecule has 0 amide bonds. The van der Waals surface area contributed by atoms with Gasteiger partial charge >= 0.3 is 0 Å². The van der Waals surface area contributed by atoms with E-state index < -0.39 is 0 Å². The number of hydrogen-bond acceptors (Lipinski definition) is 2. The summed E-state index contributed by atoms with van der Waals surface area (Å²) >= 11 is 0. The molecule has 0 aliphatic carbocycles. The molecule has 0 aliphatic rings. The highest BCUT2D eigenvalue weighted by Gasteiger charge is 2.13. The highest BCUT2D eigenvalue weighted by Crippen LogP contribution is 2.23.